The average Bonchev–Trinajstić information content (AvgIpc) is 2.68. The van der Waals surface area contributed by atoms with E-state index in [2.05, 4.69) is 10.2 Å². The summed E-state index contributed by atoms with van der Waals surface area (Å²) in [6.07, 6.45) is 2.62. The van der Waals surface area contributed by atoms with Gasteiger partial charge in [-0.3, -0.25) is 0 Å². The van der Waals surface area contributed by atoms with Crippen molar-refractivity contribution in [2.75, 3.05) is 27.3 Å². The van der Waals surface area contributed by atoms with Gasteiger partial charge in [0.25, 0.3) is 0 Å². The number of piperidine rings is 1. The number of ether oxygens (including phenoxy) is 3. The van der Waals surface area contributed by atoms with Crippen LogP contribution in [0.4, 0.5) is 0 Å². The van der Waals surface area contributed by atoms with Crippen LogP contribution in [0.15, 0.2) is 41.4 Å². The maximum Gasteiger partial charge on any atom is 0.246 e. The fraction of sp³-hybridized carbons (Fsp3) is 0.412. The first-order valence-electron chi connectivity index (χ1n) is 8.21. The second-order valence-corrected chi connectivity index (χ2v) is 7.71. The van der Waals surface area contributed by atoms with E-state index < -0.39 is 10.0 Å². The van der Waals surface area contributed by atoms with Crippen molar-refractivity contribution in [1.82, 2.24) is 14.5 Å². The van der Waals surface area contributed by atoms with Crippen LogP contribution < -0.4 is 14.2 Å². The Morgan fingerprint density at radius 3 is 2.50 bits per heavy atom. The van der Waals surface area contributed by atoms with Crippen molar-refractivity contribution in [2.45, 2.75) is 23.8 Å². The minimum atomic E-state index is -3.69. The van der Waals surface area contributed by atoms with Gasteiger partial charge in [0, 0.05) is 31.4 Å². The summed E-state index contributed by atoms with van der Waals surface area (Å²) in [6, 6.07) is 8.22. The number of methoxy groups -OCH3 is 2. The summed E-state index contributed by atoms with van der Waals surface area (Å²) in [7, 11) is -0.749. The maximum atomic E-state index is 13.0. The monoisotopic (exact) mass is 379 g/mol. The Hall–Kier alpha value is -2.39. The van der Waals surface area contributed by atoms with E-state index in [1.807, 2.05) is 0 Å². The third-order valence-corrected chi connectivity index (χ3v) is 6.14. The van der Waals surface area contributed by atoms with Crippen LogP contribution in [0.1, 0.15) is 12.8 Å². The normalized spacial score (nSPS) is 16.2. The zero-order chi connectivity index (χ0) is 18.6. The molecule has 0 bridgehead atoms. The van der Waals surface area contributed by atoms with E-state index in [-0.39, 0.29) is 11.0 Å². The van der Waals surface area contributed by atoms with Gasteiger partial charge in [0.05, 0.1) is 14.2 Å². The van der Waals surface area contributed by atoms with E-state index in [9.17, 15) is 8.42 Å². The largest absolute Gasteiger partial charge is 0.497 e. The zero-order valence-electron chi connectivity index (χ0n) is 14.7. The van der Waals surface area contributed by atoms with Gasteiger partial charge in [-0.15, -0.1) is 5.10 Å². The summed E-state index contributed by atoms with van der Waals surface area (Å²) in [6.45, 7) is 0.710. The molecule has 2 aromatic rings. The van der Waals surface area contributed by atoms with Gasteiger partial charge >= 0.3 is 0 Å². The van der Waals surface area contributed by atoms with E-state index in [1.54, 1.807) is 30.5 Å². The van der Waals surface area contributed by atoms with Gasteiger partial charge < -0.3 is 14.2 Å². The smallest absolute Gasteiger partial charge is 0.246 e. The lowest BCUT2D eigenvalue weighted by Crippen LogP contribution is -2.41. The van der Waals surface area contributed by atoms with E-state index in [0.717, 1.165) is 0 Å². The summed E-state index contributed by atoms with van der Waals surface area (Å²) in [5, 5.41) is 7.67. The van der Waals surface area contributed by atoms with Gasteiger partial charge in [-0.2, -0.15) is 9.40 Å². The van der Waals surface area contributed by atoms with Crippen molar-refractivity contribution in [3.63, 3.8) is 0 Å². The minimum Gasteiger partial charge on any atom is -0.497 e. The third-order valence-electron chi connectivity index (χ3n) is 4.22. The van der Waals surface area contributed by atoms with Crippen molar-refractivity contribution in [1.29, 1.82) is 0 Å². The third kappa shape index (κ3) is 3.88. The molecule has 140 valence electrons. The van der Waals surface area contributed by atoms with Gasteiger partial charge in [-0.05, 0) is 31.0 Å². The van der Waals surface area contributed by atoms with Gasteiger partial charge in [0.2, 0.25) is 15.9 Å². The molecule has 2 heterocycles. The Morgan fingerprint density at radius 2 is 1.88 bits per heavy atom. The second-order valence-electron chi connectivity index (χ2n) is 5.80. The fourth-order valence-electron chi connectivity index (χ4n) is 2.84. The van der Waals surface area contributed by atoms with Crippen LogP contribution >= 0.6 is 0 Å². The Kier molecular flexibility index (Phi) is 5.58. The highest BCUT2D eigenvalue weighted by Crippen LogP contribution is 2.32. The lowest BCUT2D eigenvalue weighted by atomic mass is 10.1. The number of aromatic nitrogens is 2. The molecule has 0 unspecified atom stereocenters. The summed E-state index contributed by atoms with van der Waals surface area (Å²) in [5.74, 6) is 1.21. The number of hydrogen-bond acceptors (Lipinski definition) is 7. The molecule has 1 aromatic heterocycles. The molecule has 1 aliphatic heterocycles. The minimum absolute atomic E-state index is 0.0923. The SMILES string of the molecule is COc1ccc(OC)c(S(=O)(=O)N2CCC(Oc3cccnn3)CC2)c1. The first-order chi connectivity index (χ1) is 12.5. The predicted molar refractivity (Wildman–Crippen MR) is 94.0 cm³/mol. The maximum absolute atomic E-state index is 13.0. The van der Waals surface area contributed by atoms with E-state index in [1.165, 1.54) is 24.6 Å². The van der Waals surface area contributed by atoms with Gasteiger partial charge in [0.1, 0.15) is 22.5 Å². The molecule has 0 radical (unpaired) electrons. The van der Waals surface area contributed by atoms with Gasteiger partial charge in [0.15, 0.2) is 0 Å². The molecule has 0 saturated carbocycles. The highest BCUT2D eigenvalue weighted by atomic mass is 32.2. The Labute approximate surface area is 152 Å². The highest BCUT2D eigenvalue weighted by Gasteiger charge is 2.32. The van der Waals surface area contributed by atoms with Crippen LogP contribution in [0, 0.1) is 0 Å². The quantitative estimate of drug-likeness (QED) is 0.755. The Morgan fingerprint density at radius 1 is 1.12 bits per heavy atom. The van der Waals surface area contributed by atoms with Crippen molar-refractivity contribution >= 4 is 10.0 Å². The van der Waals surface area contributed by atoms with Crippen LogP contribution in [-0.4, -0.2) is 56.3 Å². The first-order valence-corrected chi connectivity index (χ1v) is 9.65. The highest BCUT2D eigenvalue weighted by molar-refractivity contribution is 7.89. The number of sulfonamides is 1. The summed E-state index contributed by atoms with van der Waals surface area (Å²) < 4.78 is 43.6. The van der Waals surface area contributed by atoms with Gasteiger partial charge in [-0.25, -0.2) is 8.42 Å². The molecule has 1 saturated heterocycles. The first kappa shape index (κ1) is 18.4. The molecular formula is C17H21N3O5S. The van der Waals surface area contributed by atoms with E-state index in [0.29, 0.717) is 43.3 Å². The number of rotatable bonds is 6. The molecule has 3 rings (SSSR count). The molecule has 0 N–H and O–H groups in total. The molecule has 1 fully saturated rings. The number of nitrogens with zero attached hydrogens (tertiary/aromatic N) is 3. The lowest BCUT2D eigenvalue weighted by Gasteiger charge is -2.31. The molecule has 26 heavy (non-hydrogen) atoms. The van der Waals surface area contributed by atoms with Crippen LogP contribution in [-0.2, 0) is 10.0 Å². The Bertz CT molecular complexity index is 837. The van der Waals surface area contributed by atoms with Crippen molar-refractivity contribution in [2.24, 2.45) is 0 Å². The van der Waals surface area contributed by atoms with Crippen LogP contribution in [0.5, 0.6) is 17.4 Å². The molecule has 0 spiro atoms. The second kappa shape index (κ2) is 7.88. The molecule has 8 nitrogen and oxygen atoms in total. The topological polar surface area (TPSA) is 90.9 Å². The lowest BCUT2D eigenvalue weighted by molar-refractivity contribution is 0.128. The van der Waals surface area contributed by atoms with Crippen LogP contribution in [0.3, 0.4) is 0 Å². The summed E-state index contributed by atoms with van der Waals surface area (Å²) in [5.41, 5.74) is 0. The summed E-state index contributed by atoms with van der Waals surface area (Å²) >= 11 is 0. The standard InChI is InChI=1S/C17H21N3O5S/c1-23-14-5-6-15(24-2)16(12-14)26(21,22)20-10-7-13(8-11-20)25-17-4-3-9-18-19-17/h3-6,9,12-13H,7-8,10-11H2,1-2H3. The molecule has 1 aromatic carbocycles. The van der Waals surface area contributed by atoms with Crippen molar-refractivity contribution < 1.29 is 22.6 Å². The van der Waals surface area contributed by atoms with Crippen LogP contribution in [0.2, 0.25) is 0 Å². The van der Waals surface area contributed by atoms with Crippen molar-refractivity contribution in [3.05, 3.63) is 36.5 Å². The Balaban J connectivity index is 1.72. The predicted octanol–water partition coefficient (Wildman–Crippen LogP) is 1.73. The average molecular weight is 379 g/mol. The van der Waals surface area contributed by atoms with Crippen LogP contribution in [0.25, 0.3) is 0 Å². The fourth-order valence-corrected chi connectivity index (χ4v) is 4.48. The van der Waals surface area contributed by atoms with E-state index >= 15 is 0 Å². The molecule has 1 aliphatic rings. The summed E-state index contributed by atoms with van der Waals surface area (Å²) in [4.78, 5) is 0.104. The number of benzene rings is 1. The zero-order valence-corrected chi connectivity index (χ0v) is 15.5. The molecule has 0 aliphatic carbocycles. The number of hydrogen-bond donors (Lipinski definition) is 0. The molecule has 9 heteroatoms. The van der Waals surface area contributed by atoms with Gasteiger partial charge in [-0.1, -0.05) is 0 Å². The molecule has 0 atom stereocenters. The molecule has 0 amide bonds. The van der Waals surface area contributed by atoms with Crippen molar-refractivity contribution in [3.8, 4) is 17.4 Å². The van der Waals surface area contributed by atoms with E-state index in [4.69, 9.17) is 14.2 Å². The molecular weight excluding hydrogens is 358 g/mol.